The van der Waals surface area contributed by atoms with Crippen molar-refractivity contribution in [3.63, 3.8) is 0 Å². The van der Waals surface area contributed by atoms with Gasteiger partial charge in [-0.3, -0.25) is 14.4 Å². The zero-order chi connectivity index (χ0) is 21.2. The van der Waals surface area contributed by atoms with Crippen LogP contribution in [-0.4, -0.2) is 77.0 Å². The fourth-order valence-corrected chi connectivity index (χ4v) is 6.16. The van der Waals surface area contributed by atoms with Gasteiger partial charge in [-0.15, -0.1) is 0 Å². The van der Waals surface area contributed by atoms with Crippen LogP contribution < -0.4 is 10.6 Å². The van der Waals surface area contributed by atoms with Crippen molar-refractivity contribution in [3.8, 4) is 0 Å². The lowest BCUT2D eigenvalue weighted by atomic mass is 9.70. The molecule has 0 radical (unpaired) electrons. The van der Waals surface area contributed by atoms with Crippen molar-refractivity contribution in [2.24, 2.45) is 11.8 Å². The number of alkyl halides is 1. The third kappa shape index (κ3) is 3.81. The molecule has 3 aliphatic rings. The van der Waals surface area contributed by atoms with Crippen LogP contribution in [0.25, 0.3) is 0 Å². The first-order valence-corrected chi connectivity index (χ1v) is 11.6. The Morgan fingerprint density at radius 3 is 2.69 bits per heavy atom. The van der Waals surface area contributed by atoms with Gasteiger partial charge >= 0.3 is 0 Å². The first-order valence-electron chi connectivity index (χ1n) is 10.7. The number of hydrogen-bond acceptors (Lipinski definition) is 5. The molecule has 29 heavy (non-hydrogen) atoms. The molecule has 3 amide bonds. The summed E-state index contributed by atoms with van der Waals surface area (Å²) in [7, 11) is 1.56. The summed E-state index contributed by atoms with van der Waals surface area (Å²) in [6, 6.07) is -0.750. The fraction of sp³-hybridized carbons (Fsp3) is 0.850. The Morgan fingerprint density at radius 1 is 1.28 bits per heavy atom. The van der Waals surface area contributed by atoms with Gasteiger partial charge in [0.25, 0.3) is 0 Å². The molecule has 3 heterocycles. The van der Waals surface area contributed by atoms with E-state index in [0.29, 0.717) is 32.4 Å². The molecule has 0 aliphatic carbocycles. The van der Waals surface area contributed by atoms with Gasteiger partial charge in [0.2, 0.25) is 17.7 Å². The number of aliphatic hydroxyl groups excluding tert-OH is 1. The number of fused-ring (bicyclic) bond motifs is 1. The molecule has 0 saturated carbocycles. The molecule has 3 fully saturated rings. The molecule has 0 aromatic heterocycles. The maximum atomic E-state index is 13.4. The monoisotopic (exact) mass is 473 g/mol. The molecule has 3 N–H and O–H groups in total. The first-order chi connectivity index (χ1) is 13.9. The van der Waals surface area contributed by atoms with Crippen LogP contribution >= 0.6 is 15.9 Å². The van der Waals surface area contributed by atoms with Gasteiger partial charge in [-0.25, -0.2) is 0 Å². The van der Waals surface area contributed by atoms with Crippen LogP contribution in [0.5, 0.6) is 0 Å². The van der Waals surface area contributed by atoms with Gasteiger partial charge in [-0.1, -0.05) is 35.7 Å². The predicted octanol–water partition coefficient (Wildman–Crippen LogP) is 0.559. The topological polar surface area (TPSA) is 108 Å². The summed E-state index contributed by atoms with van der Waals surface area (Å²) >= 11 is 3.62. The molecule has 3 saturated heterocycles. The largest absolute Gasteiger partial charge is 0.396 e. The number of ether oxygens (including phenoxy) is 1. The summed E-state index contributed by atoms with van der Waals surface area (Å²) in [5.41, 5.74) is -0.985. The Hall–Kier alpha value is -1.19. The van der Waals surface area contributed by atoms with Crippen LogP contribution in [0.1, 0.15) is 45.4 Å². The predicted molar refractivity (Wildman–Crippen MR) is 110 cm³/mol. The molecule has 2 bridgehead atoms. The number of carbonyl (C=O) groups is 3. The second-order valence-corrected chi connectivity index (χ2v) is 9.41. The number of likely N-dealkylation sites (tertiary alicyclic amines) is 1. The van der Waals surface area contributed by atoms with E-state index in [4.69, 9.17) is 9.84 Å². The number of halogens is 1. The number of hydrogen-bond donors (Lipinski definition) is 3. The summed E-state index contributed by atoms with van der Waals surface area (Å²) < 4.78 is 6.32. The van der Waals surface area contributed by atoms with Crippen LogP contribution in [-0.2, 0) is 19.1 Å². The number of nitrogens with one attached hydrogen (secondary N) is 2. The third-order valence-corrected chi connectivity index (χ3v) is 7.32. The van der Waals surface area contributed by atoms with Gasteiger partial charge in [0.15, 0.2) is 0 Å². The van der Waals surface area contributed by atoms with E-state index in [1.165, 1.54) is 0 Å². The smallest absolute Gasteiger partial charge is 0.245 e. The number of aliphatic hydroxyl groups is 1. The lowest BCUT2D eigenvalue weighted by Crippen LogP contribution is -2.56. The number of carbonyl (C=O) groups excluding carboxylic acids is 3. The van der Waals surface area contributed by atoms with E-state index >= 15 is 0 Å². The zero-order valence-corrected chi connectivity index (χ0v) is 18.7. The molecule has 0 aromatic rings. The maximum absolute atomic E-state index is 13.4. The summed E-state index contributed by atoms with van der Waals surface area (Å²) in [6.07, 6.45) is 4.21. The summed E-state index contributed by atoms with van der Waals surface area (Å²) in [5, 5.41) is 14.8. The Balaban J connectivity index is 1.89. The Labute approximate surface area is 180 Å². The van der Waals surface area contributed by atoms with Crippen LogP contribution in [0.3, 0.4) is 0 Å². The molecule has 0 aromatic carbocycles. The minimum atomic E-state index is -0.985. The average Bonchev–Trinajstić information content (AvgIpc) is 3.28. The second kappa shape index (κ2) is 9.31. The SMILES string of the molecule is CCCCCNC(=O)C1N(CCCCO)C(=O)[C@@H]2[C@H](C(=O)NC)[C@H]3OC12CC3Br. The van der Waals surface area contributed by atoms with E-state index in [1.807, 2.05) is 0 Å². The molecule has 6 atom stereocenters. The second-order valence-electron chi connectivity index (χ2n) is 8.24. The van der Waals surface area contributed by atoms with E-state index in [0.717, 1.165) is 19.3 Å². The molecule has 9 heteroatoms. The van der Waals surface area contributed by atoms with Crippen molar-refractivity contribution in [2.45, 2.75) is 68.0 Å². The number of nitrogens with zero attached hydrogens (tertiary/aromatic N) is 1. The molecular weight excluding hydrogens is 442 g/mol. The van der Waals surface area contributed by atoms with Crippen LogP contribution in [0.4, 0.5) is 0 Å². The fourth-order valence-electron chi connectivity index (χ4n) is 5.21. The zero-order valence-electron chi connectivity index (χ0n) is 17.2. The quantitative estimate of drug-likeness (QED) is 0.317. The van der Waals surface area contributed by atoms with Crippen molar-refractivity contribution >= 4 is 33.7 Å². The Bertz CT molecular complexity index is 648. The van der Waals surface area contributed by atoms with Crippen LogP contribution in [0.15, 0.2) is 0 Å². The van der Waals surface area contributed by atoms with Gasteiger partial charge in [0, 0.05) is 31.6 Å². The van der Waals surface area contributed by atoms with Gasteiger partial charge in [-0.05, 0) is 25.7 Å². The van der Waals surface area contributed by atoms with Gasteiger partial charge < -0.3 is 25.4 Å². The van der Waals surface area contributed by atoms with Gasteiger partial charge in [0.05, 0.1) is 17.9 Å². The molecule has 3 rings (SSSR count). The molecule has 164 valence electrons. The lowest BCUT2D eigenvalue weighted by molar-refractivity contribution is -0.142. The molecule has 8 nitrogen and oxygen atoms in total. The van der Waals surface area contributed by atoms with Crippen molar-refractivity contribution in [3.05, 3.63) is 0 Å². The van der Waals surface area contributed by atoms with Gasteiger partial charge in [0.1, 0.15) is 11.6 Å². The number of unbranched alkanes of at least 4 members (excludes halogenated alkanes) is 3. The molecule has 1 spiro atoms. The number of amides is 3. The normalized spacial score (nSPS) is 35.1. The summed E-state index contributed by atoms with van der Waals surface area (Å²) in [5.74, 6) is -1.88. The average molecular weight is 474 g/mol. The van der Waals surface area contributed by atoms with E-state index in [2.05, 4.69) is 33.5 Å². The van der Waals surface area contributed by atoms with Crippen molar-refractivity contribution in [1.82, 2.24) is 15.5 Å². The molecule has 3 aliphatic heterocycles. The minimum Gasteiger partial charge on any atom is -0.396 e. The van der Waals surface area contributed by atoms with Gasteiger partial charge in [-0.2, -0.15) is 0 Å². The Kier molecular flexibility index (Phi) is 7.22. The van der Waals surface area contributed by atoms with Crippen LogP contribution in [0, 0.1) is 11.8 Å². The summed E-state index contributed by atoms with van der Waals surface area (Å²) in [4.78, 5) is 40.7. The highest BCUT2D eigenvalue weighted by Gasteiger charge is 2.76. The highest BCUT2D eigenvalue weighted by molar-refractivity contribution is 9.09. The summed E-state index contributed by atoms with van der Waals surface area (Å²) in [6.45, 7) is 3.06. The van der Waals surface area contributed by atoms with E-state index < -0.39 is 29.6 Å². The van der Waals surface area contributed by atoms with Crippen molar-refractivity contribution in [1.29, 1.82) is 0 Å². The first kappa shape index (κ1) is 22.5. The lowest BCUT2D eigenvalue weighted by Gasteiger charge is -2.34. The van der Waals surface area contributed by atoms with E-state index in [1.54, 1.807) is 11.9 Å². The standard InChI is InChI=1S/C20H32BrN3O5/c1-3-4-5-8-23-18(27)16-20-11-12(21)15(29-20)13(17(26)22-2)14(20)19(28)24(16)9-6-7-10-25/h12-16,25H,3-11H2,1-2H3,(H,22,26)(H,23,27)/t12?,13-,14-,15-,16?,20?/m0/s1. The van der Waals surface area contributed by atoms with Crippen LogP contribution in [0.2, 0.25) is 0 Å². The minimum absolute atomic E-state index is 0.0351. The van der Waals surface area contributed by atoms with Crippen molar-refractivity contribution < 1.29 is 24.2 Å². The van der Waals surface area contributed by atoms with E-state index in [9.17, 15) is 14.4 Å². The van der Waals surface area contributed by atoms with E-state index in [-0.39, 0.29) is 29.2 Å². The third-order valence-electron chi connectivity index (χ3n) is 6.47. The molecule has 3 unspecified atom stereocenters. The Morgan fingerprint density at radius 2 is 2.03 bits per heavy atom. The van der Waals surface area contributed by atoms with Crippen molar-refractivity contribution in [2.75, 3.05) is 26.7 Å². The maximum Gasteiger partial charge on any atom is 0.245 e. The molecular formula is C20H32BrN3O5. The highest BCUT2D eigenvalue weighted by atomic mass is 79.9. The number of rotatable bonds is 10. The highest BCUT2D eigenvalue weighted by Crippen LogP contribution is 2.59.